The van der Waals surface area contributed by atoms with Gasteiger partial charge in [-0.15, -0.1) is 0 Å². The lowest BCUT2D eigenvalue weighted by atomic mass is 10.1. The average Bonchev–Trinajstić information content (AvgIpc) is 2.57. The van der Waals surface area contributed by atoms with E-state index >= 15 is 0 Å². The molecular weight excluding hydrogens is 372 g/mol. The fourth-order valence-corrected chi connectivity index (χ4v) is 3.03. The van der Waals surface area contributed by atoms with E-state index in [1.54, 1.807) is 45.0 Å². The van der Waals surface area contributed by atoms with Crippen LogP contribution in [0.3, 0.4) is 0 Å². The van der Waals surface area contributed by atoms with E-state index in [1.807, 2.05) is 13.8 Å². The van der Waals surface area contributed by atoms with Crippen molar-refractivity contribution in [3.63, 3.8) is 0 Å². The molecule has 8 heteroatoms. The van der Waals surface area contributed by atoms with Crippen LogP contribution in [-0.2, 0) is 4.74 Å². The Morgan fingerprint density at radius 1 is 1.10 bits per heavy atom. The number of hydrogen-bond acceptors (Lipinski definition) is 5. The number of nitrogens with two attached hydrogens (primary N) is 1. The lowest BCUT2D eigenvalue weighted by molar-refractivity contribution is 0.0636. The van der Waals surface area contributed by atoms with Crippen LogP contribution in [0.5, 0.6) is 0 Å². The monoisotopic (exact) mass is 396 g/mol. The van der Waals surface area contributed by atoms with Gasteiger partial charge in [0, 0.05) is 11.4 Å². The third kappa shape index (κ3) is 4.16. The number of aryl methyl sites for hydroxylation is 2. The Morgan fingerprint density at radius 3 is 2.31 bits per heavy atom. The summed E-state index contributed by atoms with van der Waals surface area (Å²) in [5.74, 6) is 0. The number of ether oxygens (including phenoxy) is 1. The molecule has 0 aliphatic heterocycles. The normalized spacial score (nSPS) is 11.5. The minimum atomic E-state index is -0.641. The Morgan fingerprint density at radius 2 is 1.72 bits per heavy atom. The number of H-pyrrole nitrogens is 1. The summed E-state index contributed by atoms with van der Waals surface area (Å²) in [5.41, 5.74) is 7.63. The number of anilines is 2. The molecule has 0 aliphatic carbocycles. The fourth-order valence-electron chi connectivity index (χ4n) is 3.03. The molecule has 0 spiro atoms. The van der Waals surface area contributed by atoms with E-state index in [-0.39, 0.29) is 0 Å². The van der Waals surface area contributed by atoms with Crippen molar-refractivity contribution in [3.8, 4) is 5.69 Å². The molecule has 0 radical (unpaired) electrons. The maximum Gasteiger partial charge on any atom is 0.412 e. The van der Waals surface area contributed by atoms with Crippen LogP contribution in [0.1, 0.15) is 31.9 Å². The molecule has 1 heterocycles. The number of hydrogen-bond donors (Lipinski definition) is 3. The third-order valence-corrected chi connectivity index (χ3v) is 4.38. The van der Waals surface area contributed by atoms with E-state index in [0.717, 1.165) is 15.7 Å². The van der Waals surface area contributed by atoms with Crippen LogP contribution in [-0.4, -0.2) is 21.2 Å². The number of aromatic amines is 1. The molecule has 2 aromatic carbocycles. The number of nitrogens with zero attached hydrogens (tertiary/aromatic N) is 1. The standard InChI is InChI=1S/C21H24N4O4/c1-11-8-14(9-12(2)17(11)22)25-18(26)15-7-6-13(10-16(15)24-19(25)27)23-20(28)29-21(3,4)5/h6-10H,22H2,1-5H3,(H,23,28)(H,24,27). The number of carbonyl (C=O) groups excluding carboxylic acids is 1. The first kappa shape index (κ1) is 20.2. The molecule has 4 N–H and O–H groups in total. The van der Waals surface area contributed by atoms with Gasteiger partial charge in [-0.3, -0.25) is 10.1 Å². The number of benzene rings is 2. The van der Waals surface area contributed by atoms with Gasteiger partial charge in [-0.1, -0.05) is 0 Å². The number of nitrogen functional groups attached to an aromatic ring is 1. The van der Waals surface area contributed by atoms with E-state index in [0.29, 0.717) is 28.0 Å². The zero-order valence-corrected chi connectivity index (χ0v) is 17.0. The van der Waals surface area contributed by atoms with Gasteiger partial charge in [-0.05, 0) is 76.1 Å². The Kier molecular flexibility index (Phi) is 4.96. The molecule has 0 bridgehead atoms. The molecule has 0 saturated carbocycles. The Labute approximate surface area is 167 Å². The van der Waals surface area contributed by atoms with E-state index in [1.165, 1.54) is 6.07 Å². The van der Waals surface area contributed by atoms with Crippen LogP contribution in [0.4, 0.5) is 16.2 Å². The summed E-state index contributed by atoms with van der Waals surface area (Å²) in [6, 6.07) is 8.04. The van der Waals surface area contributed by atoms with Gasteiger partial charge in [0.25, 0.3) is 5.56 Å². The topological polar surface area (TPSA) is 119 Å². The van der Waals surface area contributed by atoms with Crippen molar-refractivity contribution >= 4 is 28.4 Å². The minimum Gasteiger partial charge on any atom is -0.444 e. The third-order valence-electron chi connectivity index (χ3n) is 4.38. The van der Waals surface area contributed by atoms with Crippen LogP contribution in [0.15, 0.2) is 39.9 Å². The zero-order chi connectivity index (χ0) is 21.5. The molecule has 1 aromatic heterocycles. The van der Waals surface area contributed by atoms with E-state index in [2.05, 4.69) is 10.3 Å². The summed E-state index contributed by atoms with van der Waals surface area (Å²) in [6.07, 6.45) is -0.625. The lowest BCUT2D eigenvalue weighted by Crippen LogP contribution is -2.33. The molecule has 0 saturated heterocycles. The van der Waals surface area contributed by atoms with Gasteiger partial charge < -0.3 is 15.5 Å². The highest BCUT2D eigenvalue weighted by Gasteiger charge is 2.17. The van der Waals surface area contributed by atoms with Crippen LogP contribution < -0.4 is 22.3 Å². The quantitative estimate of drug-likeness (QED) is 0.575. The molecule has 0 fully saturated rings. The Hall–Kier alpha value is -3.55. The second-order valence-electron chi connectivity index (χ2n) is 7.95. The van der Waals surface area contributed by atoms with Crippen molar-refractivity contribution in [2.75, 3.05) is 11.1 Å². The molecule has 29 heavy (non-hydrogen) atoms. The first-order valence-electron chi connectivity index (χ1n) is 9.12. The summed E-state index contributed by atoms with van der Waals surface area (Å²) in [4.78, 5) is 40.3. The second kappa shape index (κ2) is 7.12. The molecule has 3 aromatic rings. The van der Waals surface area contributed by atoms with Crippen molar-refractivity contribution in [2.24, 2.45) is 0 Å². The molecule has 152 valence electrons. The van der Waals surface area contributed by atoms with Crippen molar-refractivity contribution in [3.05, 3.63) is 62.3 Å². The minimum absolute atomic E-state index is 0.312. The SMILES string of the molecule is Cc1cc(-n2c(=O)[nH]c3cc(NC(=O)OC(C)(C)C)ccc3c2=O)cc(C)c1N. The van der Waals surface area contributed by atoms with E-state index < -0.39 is 22.9 Å². The van der Waals surface area contributed by atoms with Crippen molar-refractivity contribution in [1.82, 2.24) is 9.55 Å². The fraction of sp³-hybridized carbons (Fsp3) is 0.286. The maximum absolute atomic E-state index is 13.0. The highest BCUT2D eigenvalue weighted by molar-refractivity contribution is 5.89. The van der Waals surface area contributed by atoms with Crippen LogP contribution in [0, 0.1) is 13.8 Å². The summed E-state index contributed by atoms with van der Waals surface area (Å²) in [6.45, 7) is 8.91. The van der Waals surface area contributed by atoms with Crippen LogP contribution in [0.2, 0.25) is 0 Å². The largest absolute Gasteiger partial charge is 0.444 e. The summed E-state index contributed by atoms with van der Waals surface area (Å²) >= 11 is 0. The molecule has 1 amide bonds. The summed E-state index contributed by atoms with van der Waals surface area (Å²) < 4.78 is 6.28. The Balaban J connectivity index is 2.06. The average molecular weight is 396 g/mol. The number of carbonyl (C=O) groups is 1. The smallest absolute Gasteiger partial charge is 0.412 e. The van der Waals surface area contributed by atoms with Gasteiger partial charge in [-0.2, -0.15) is 0 Å². The highest BCUT2D eigenvalue weighted by atomic mass is 16.6. The van der Waals surface area contributed by atoms with Gasteiger partial charge in [0.05, 0.1) is 16.6 Å². The van der Waals surface area contributed by atoms with Crippen molar-refractivity contribution in [2.45, 2.75) is 40.2 Å². The molecule has 0 aliphatic rings. The maximum atomic E-state index is 13.0. The number of amides is 1. The van der Waals surface area contributed by atoms with Crippen molar-refractivity contribution in [1.29, 1.82) is 0 Å². The van der Waals surface area contributed by atoms with Crippen LogP contribution in [0.25, 0.3) is 16.6 Å². The first-order valence-corrected chi connectivity index (χ1v) is 9.12. The molecule has 3 rings (SSSR count). The molecule has 0 unspecified atom stereocenters. The van der Waals surface area contributed by atoms with E-state index in [4.69, 9.17) is 10.5 Å². The number of rotatable bonds is 2. The number of nitrogens with one attached hydrogen (secondary N) is 2. The molecule has 8 nitrogen and oxygen atoms in total. The summed E-state index contributed by atoms with van der Waals surface area (Å²) in [5, 5.41) is 2.90. The lowest BCUT2D eigenvalue weighted by Gasteiger charge is -2.19. The number of fused-ring (bicyclic) bond motifs is 1. The van der Waals surface area contributed by atoms with Gasteiger partial charge in [-0.25, -0.2) is 14.2 Å². The van der Waals surface area contributed by atoms with E-state index in [9.17, 15) is 14.4 Å². The Bertz CT molecular complexity index is 1210. The zero-order valence-electron chi connectivity index (χ0n) is 17.0. The number of aromatic nitrogens is 2. The molecule has 0 atom stereocenters. The second-order valence-corrected chi connectivity index (χ2v) is 7.95. The van der Waals surface area contributed by atoms with Gasteiger partial charge in [0.2, 0.25) is 0 Å². The highest BCUT2D eigenvalue weighted by Crippen LogP contribution is 2.21. The van der Waals surface area contributed by atoms with Crippen molar-refractivity contribution < 1.29 is 9.53 Å². The predicted molar refractivity (Wildman–Crippen MR) is 114 cm³/mol. The molecular formula is C21H24N4O4. The summed E-state index contributed by atoms with van der Waals surface area (Å²) in [7, 11) is 0. The van der Waals surface area contributed by atoms with Gasteiger partial charge in [0.15, 0.2) is 0 Å². The van der Waals surface area contributed by atoms with Gasteiger partial charge in [0.1, 0.15) is 5.60 Å². The van der Waals surface area contributed by atoms with Gasteiger partial charge >= 0.3 is 11.8 Å². The first-order chi connectivity index (χ1) is 13.5. The van der Waals surface area contributed by atoms with Crippen LogP contribution >= 0.6 is 0 Å². The predicted octanol–water partition coefficient (Wildman–Crippen LogP) is 3.23.